The Morgan fingerprint density at radius 3 is 1.86 bits per heavy atom. The van der Waals surface area contributed by atoms with Crippen LogP contribution in [0.5, 0.6) is 5.75 Å². The van der Waals surface area contributed by atoms with Crippen LogP contribution in [-0.2, 0) is 34.6 Å². The second-order valence-electron chi connectivity index (χ2n) is 18.4. The Labute approximate surface area is 304 Å². The number of benzene rings is 2. The van der Waals surface area contributed by atoms with Crippen molar-refractivity contribution in [1.29, 1.82) is 0 Å². The first-order chi connectivity index (χ1) is 22.5. The third-order valence-corrected chi connectivity index (χ3v) is 13.4. The van der Waals surface area contributed by atoms with Crippen molar-refractivity contribution in [3.8, 4) is 5.75 Å². The number of fused-ring (bicyclic) bond motifs is 1. The van der Waals surface area contributed by atoms with Crippen LogP contribution in [0.1, 0.15) is 36.0 Å². The monoisotopic (exact) mass is 764 g/mol. The van der Waals surface area contributed by atoms with Crippen molar-refractivity contribution in [3.05, 3.63) is 64.2 Å². The van der Waals surface area contributed by atoms with Crippen molar-refractivity contribution in [2.45, 2.75) is 141 Å². The molecule has 0 spiro atoms. The maximum absolute atomic E-state index is 13.0. The molecule has 3 aliphatic rings. The number of halogens is 1. The third kappa shape index (κ3) is 10.8. The van der Waals surface area contributed by atoms with Gasteiger partial charge in [-0.05, 0) is 151 Å². The Kier molecular flexibility index (Phi) is 11.7. The van der Waals surface area contributed by atoms with E-state index in [0.29, 0.717) is 23.1 Å². The van der Waals surface area contributed by atoms with Gasteiger partial charge in [0.2, 0.25) is 5.79 Å². The summed E-state index contributed by atoms with van der Waals surface area (Å²) in [6.45, 7) is 26.2. The average Bonchev–Trinajstić information content (AvgIpc) is 3.56. The van der Waals surface area contributed by atoms with E-state index >= 15 is 0 Å². The van der Waals surface area contributed by atoms with E-state index in [9.17, 15) is 5.11 Å². The van der Waals surface area contributed by atoms with Gasteiger partial charge in [0.15, 0.2) is 33.3 Å². The van der Waals surface area contributed by atoms with Crippen LogP contribution < -0.4 is 4.74 Å². The lowest BCUT2D eigenvalue weighted by molar-refractivity contribution is -0.348. The third-order valence-electron chi connectivity index (χ3n) is 9.13. The number of hydrogen-bond acceptors (Lipinski definition) is 7. The molecule has 3 fully saturated rings. The van der Waals surface area contributed by atoms with E-state index in [1.165, 1.54) is 19.3 Å². The summed E-state index contributed by atoms with van der Waals surface area (Å²) >= 11 is 6.85. The first kappa shape index (κ1) is 39.4. The summed E-state index contributed by atoms with van der Waals surface area (Å²) in [6.07, 6.45) is 2.23. The molecule has 1 aliphatic heterocycles. The van der Waals surface area contributed by atoms with Gasteiger partial charge in [0.05, 0.1) is 12.7 Å². The van der Waals surface area contributed by atoms with Crippen molar-refractivity contribution in [1.82, 2.24) is 0 Å². The van der Waals surface area contributed by atoms with E-state index < -0.39 is 63.5 Å². The van der Waals surface area contributed by atoms with Crippen molar-refractivity contribution in [2.75, 3.05) is 6.61 Å². The Morgan fingerprint density at radius 1 is 0.735 bits per heavy atom. The largest absolute Gasteiger partial charge is 0.490 e. The molecule has 1 heterocycles. The van der Waals surface area contributed by atoms with E-state index in [1.54, 1.807) is 0 Å². The molecule has 274 valence electrons. The summed E-state index contributed by atoms with van der Waals surface area (Å²) in [7, 11) is -8.49. The molecular formula is C37H61ClO7Si4. The van der Waals surface area contributed by atoms with E-state index in [4.69, 9.17) is 38.8 Å². The molecule has 49 heavy (non-hydrogen) atoms. The van der Waals surface area contributed by atoms with E-state index in [2.05, 4.69) is 103 Å². The minimum absolute atomic E-state index is 0.287. The van der Waals surface area contributed by atoms with E-state index in [1.807, 2.05) is 18.2 Å². The van der Waals surface area contributed by atoms with Gasteiger partial charge in [-0.1, -0.05) is 29.8 Å². The molecule has 12 heteroatoms. The Morgan fingerprint density at radius 2 is 1.31 bits per heavy atom. The molecule has 2 aliphatic carbocycles. The molecule has 0 radical (unpaired) electrons. The number of aliphatic hydroxyl groups is 1. The summed E-state index contributed by atoms with van der Waals surface area (Å²) in [5.74, 6) is 0.853. The molecule has 0 aromatic heterocycles. The van der Waals surface area contributed by atoms with Crippen LogP contribution in [0.2, 0.25) is 83.6 Å². The molecule has 2 aromatic rings. The van der Waals surface area contributed by atoms with E-state index in [-0.39, 0.29) is 6.61 Å². The minimum atomic E-state index is -2.26. The molecule has 0 amide bonds. The Balaban J connectivity index is 1.50. The predicted molar refractivity (Wildman–Crippen MR) is 209 cm³/mol. The number of hydrogen-bond donors (Lipinski definition) is 1. The highest BCUT2D eigenvalue weighted by Gasteiger charge is 2.59. The number of rotatable bonds is 14. The molecule has 8 atom stereocenters. The fourth-order valence-electron chi connectivity index (χ4n) is 7.07. The second-order valence-corrected chi connectivity index (χ2v) is 36.7. The summed E-state index contributed by atoms with van der Waals surface area (Å²) in [6, 6.07) is 14.0. The summed E-state index contributed by atoms with van der Waals surface area (Å²) < 4.78 is 40.5. The summed E-state index contributed by atoms with van der Waals surface area (Å²) in [5.41, 5.74) is 2.59. The zero-order valence-corrected chi connectivity index (χ0v) is 36.6. The first-order valence-corrected chi connectivity index (χ1v) is 32.1. The van der Waals surface area contributed by atoms with Gasteiger partial charge in [0.25, 0.3) is 0 Å². The van der Waals surface area contributed by atoms with Crippen LogP contribution in [0.25, 0.3) is 0 Å². The van der Waals surface area contributed by atoms with Crippen molar-refractivity contribution in [3.63, 3.8) is 0 Å². The highest BCUT2D eigenvalue weighted by molar-refractivity contribution is 6.71. The molecule has 1 saturated heterocycles. The normalized spacial score (nSPS) is 30.7. The molecule has 7 nitrogen and oxygen atoms in total. The molecular weight excluding hydrogens is 704 g/mol. The van der Waals surface area contributed by atoms with Crippen LogP contribution in [-0.4, -0.2) is 75.5 Å². The average molecular weight is 766 g/mol. The lowest BCUT2D eigenvalue weighted by Crippen LogP contribution is -2.69. The van der Waals surface area contributed by atoms with Gasteiger partial charge in [-0.3, -0.25) is 0 Å². The highest BCUT2D eigenvalue weighted by atomic mass is 35.5. The standard InChI is InChI=1S/C37H61ClO7Si4/c1-46(2,3)40-24-33-34(43-47(4,5)6)35(44-48(7,8)9)36(45-49(10,11)12)37(39,42-33)29-15-18-32(38)28(21-29)19-25-13-16-30(17-14-25)41-31-22-26-20-27(26)23-31/h13-18,21,26-27,31,33-36,39H,19-20,22-24H2,1-12H3/t26-,27+,31?,33-,34-,35+,36-,37?/m1/s1. The number of ether oxygens (including phenoxy) is 2. The van der Waals surface area contributed by atoms with Crippen molar-refractivity contribution < 1.29 is 32.3 Å². The highest BCUT2D eigenvalue weighted by Crippen LogP contribution is 2.52. The van der Waals surface area contributed by atoms with Gasteiger partial charge in [-0.2, -0.15) is 0 Å². The minimum Gasteiger partial charge on any atom is -0.490 e. The SMILES string of the molecule is C[Si](C)(C)OC[C@H]1OC(O)(c2ccc(Cl)c(Cc3ccc(OC4C[C@@H]5C[C@@H]5C4)cc3)c2)[C@H](O[Si](C)(C)C)[C@@H](O[Si](C)(C)C)[C@@H]1O[Si](C)(C)C. The van der Waals surface area contributed by atoms with Gasteiger partial charge in [-0.25, -0.2) is 0 Å². The predicted octanol–water partition coefficient (Wildman–Crippen LogP) is 9.16. The Bertz CT molecular complexity index is 1420. The smallest absolute Gasteiger partial charge is 0.221 e. The molecule has 1 N–H and O–H groups in total. The maximum Gasteiger partial charge on any atom is 0.221 e. The first-order valence-electron chi connectivity index (χ1n) is 18.1. The van der Waals surface area contributed by atoms with Gasteiger partial charge < -0.3 is 32.3 Å². The van der Waals surface area contributed by atoms with Crippen LogP contribution in [0.15, 0.2) is 42.5 Å². The Hall–Kier alpha value is -0.842. The van der Waals surface area contributed by atoms with E-state index in [0.717, 1.165) is 28.7 Å². The van der Waals surface area contributed by atoms with Gasteiger partial charge in [0, 0.05) is 10.6 Å². The van der Waals surface area contributed by atoms with Gasteiger partial charge in [0.1, 0.15) is 30.2 Å². The molecule has 5 rings (SSSR count). The molecule has 0 bridgehead atoms. The summed E-state index contributed by atoms with van der Waals surface area (Å²) in [5, 5.41) is 13.6. The van der Waals surface area contributed by atoms with Crippen LogP contribution in [0.4, 0.5) is 0 Å². The summed E-state index contributed by atoms with van der Waals surface area (Å²) in [4.78, 5) is 0. The van der Waals surface area contributed by atoms with Gasteiger partial charge >= 0.3 is 0 Å². The lowest BCUT2D eigenvalue weighted by Gasteiger charge is -2.54. The zero-order valence-electron chi connectivity index (χ0n) is 31.9. The quantitative estimate of drug-likeness (QED) is 0.192. The second kappa shape index (κ2) is 14.5. The fraction of sp³-hybridized carbons (Fsp3) is 0.676. The molecule has 2 saturated carbocycles. The zero-order chi connectivity index (χ0) is 36.2. The van der Waals surface area contributed by atoms with Crippen molar-refractivity contribution >= 4 is 44.9 Å². The van der Waals surface area contributed by atoms with Crippen LogP contribution in [0, 0.1) is 11.8 Å². The van der Waals surface area contributed by atoms with Crippen LogP contribution in [0.3, 0.4) is 0 Å². The van der Waals surface area contributed by atoms with Crippen LogP contribution >= 0.6 is 11.6 Å². The fourth-order valence-corrected chi connectivity index (χ4v) is 11.1. The topological polar surface area (TPSA) is 75.6 Å². The van der Waals surface area contributed by atoms with Crippen molar-refractivity contribution in [2.24, 2.45) is 11.8 Å². The van der Waals surface area contributed by atoms with Gasteiger partial charge in [-0.15, -0.1) is 0 Å². The maximum atomic E-state index is 13.0. The molecule has 2 unspecified atom stereocenters. The lowest BCUT2D eigenvalue weighted by atomic mass is 9.87. The molecule has 2 aromatic carbocycles.